The first kappa shape index (κ1) is 15.8. The van der Waals surface area contributed by atoms with Crippen LogP contribution in [-0.4, -0.2) is 12.5 Å². The predicted molar refractivity (Wildman–Crippen MR) is 70.6 cm³/mol. The van der Waals surface area contributed by atoms with Crippen LogP contribution in [0, 0.1) is 5.41 Å². The Morgan fingerprint density at radius 2 is 1.95 bits per heavy atom. The lowest BCUT2D eigenvalue weighted by atomic mass is 9.92. The minimum absolute atomic E-state index is 0.228. The van der Waals surface area contributed by atoms with Crippen LogP contribution in [0.1, 0.15) is 19.4 Å². The van der Waals surface area contributed by atoms with Crippen molar-refractivity contribution in [2.24, 2.45) is 11.1 Å². The summed E-state index contributed by atoms with van der Waals surface area (Å²) in [5.41, 5.74) is 4.16. The number of carbonyl (C=O) groups is 1. The fraction of sp³-hybridized carbons (Fsp3) is 0.417. The van der Waals surface area contributed by atoms with Crippen LogP contribution in [0.25, 0.3) is 0 Å². The molecule has 3 N–H and O–H groups in total. The fourth-order valence-electron chi connectivity index (χ4n) is 1.24. The highest BCUT2D eigenvalue weighted by Crippen LogP contribution is 2.34. The van der Waals surface area contributed by atoms with Crippen LogP contribution in [0.3, 0.4) is 0 Å². The van der Waals surface area contributed by atoms with Gasteiger partial charge in [0, 0.05) is 16.7 Å². The molecule has 0 aliphatic carbocycles. The van der Waals surface area contributed by atoms with Gasteiger partial charge in [-0.1, -0.05) is 0 Å². The molecular weight excluding hydrogens is 325 g/mol. The Labute approximate surface area is 117 Å². The van der Waals surface area contributed by atoms with Gasteiger partial charge in [0.1, 0.15) is 0 Å². The van der Waals surface area contributed by atoms with E-state index in [-0.39, 0.29) is 11.0 Å². The first-order valence-corrected chi connectivity index (χ1v) is 6.24. The number of amides is 1. The molecule has 106 valence electrons. The molecule has 0 aliphatic rings. The molecule has 0 heterocycles. The van der Waals surface area contributed by atoms with E-state index >= 15 is 0 Å². The van der Waals surface area contributed by atoms with Gasteiger partial charge in [0.25, 0.3) is 0 Å². The normalized spacial score (nSPS) is 12.3. The average molecular weight is 339 g/mol. The largest absolute Gasteiger partial charge is 0.416 e. The van der Waals surface area contributed by atoms with E-state index in [1.807, 2.05) is 0 Å². The van der Waals surface area contributed by atoms with Gasteiger partial charge in [0.05, 0.1) is 11.0 Å². The van der Waals surface area contributed by atoms with Crippen LogP contribution in [0.5, 0.6) is 0 Å². The molecule has 0 atom stereocenters. The van der Waals surface area contributed by atoms with Crippen LogP contribution in [0.15, 0.2) is 22.7 Å². The predicted octanol–water partition coefficient (Wildman–Crippen LogP) is 3.39. The summed E-state index contributed by atoms with van der Waals surface area (Å²) in [7, 11) is 0. The number of hydrogen-bond donors (Lipinski definition) is 2. The number of anilines is 1. The number of benzene rings is 1. The van der Waals surface area contributed by atoms with E-state index in [0.29, 0.717) is 5.69 Å². The highest BCUT2D eigenvalue weighted by atomic mass is 79.9. The third kappa shape index (κ3) is 4.12. The molecule has 0 bridgehead atoms. The van der Waals surface area contributed by atoms with E-state index in [0.717, 1.165) is 12.1 Å². The Balaban J connectivity index is 2.85. The van der Waals surface area contributed by atoms with Gasteiger partial charge in [0.15, 0.2) is 0 Å². The molecule has 0 saturated carbocycles. The summed E-state index contributed by atoms with van der Waals surface area (Å²) in [6.07, 6.45) is -4.38. The second-order valence-electron chi connectivity index (χ2n) is 4.79. The zero-order valence-electron chi connectivity index (χ0n) is 10.4. The zero-order chi connectivity index (χ0) is 14.8. The smallest absolute Gasteiger partial charge is 0.383 e. The molecule has 0 aliphatic heterocycles. The molecule has 1 amide bonds. The van der Waals surface area contributed by atoms with Gasteiger partial charge in [-0.2, -0.15) is 13.2 Å². The molecule has 0 unspecified atom stereocenters. The Morgan fingerprint density at radius 3 is 2.37 bits per heavy atom. The summed E-state index contributed by atoms with van der Waals surface area (Å²) in [4.78, 5) is 11.1. The summed E-state index contributed by atoms with van der Waals surface area (Å²) < 4.78 is 37.7. The minimum Gasteiger partial charge on any atom is -0.383 e. The topological polar surface area (TPSA) is 55.1 Å². The van der Waals surface area contributed by atoms with Crippen molar-refractivity contribution < 1.29 is 18.0 Å². The molecule has 1 aromatic carbocycles. The van der Waals surface area contributed by atoms with Crippen LogP contribution >= 0.6 is 15.9 Å². The Morgan fingerprint density at radius 1 is 1.37 bits per heavy atom. The van der Waals surface area contributed by atoms with Crippen molar-refractivity contribution in [3.8, 4) is 0 Å². The number of hydrogen-bond acceptors (Lipinski definition) is 2. The van der Waals surface area contributed by atoms with E-state index in [9.17, 15) is 18.0 Å². The maximum Gasteiger partial charge on any atom is 0.416 e. The second kappa shape index (κ2) is 5.40. The number of nitrogens with one attached hydrogen (secondary N) is 1. The summed E-state index contributed by atoms with van der Waals surface area (Å²) in [5, 5.41) is 2.90. The second-order valence-corrected chi connectivity index (χ2v) is 5.65. The minimum atomic E-state index is -4.38. The van der Waals surface area contributed by atoms with Crippen LogP contribution in [0.4, 0.5) is 18.9 Å². The van der Waals surface area contributed by atoms with Gasteiger partial charge in [0.2, 0.25) is 5.91 Å². The first-order chi connectivity index (χ1) is 8.54. The first-order valence-electron chi connectivity index (χ1n) is 5.44. The molecule has 1 aromatic rings. The maximum atomic E-state index is 12.5. The van der Waals surface area contributed by atoms with Crippen molar-refractivity contribution in [3.05, 3.63) is 28.2 Å². The fourth-order valence-corrected chi connectivity index (χ4v) is 1.76. The maximum absolute atomic E-state index is 12.5. The van der Waals surface area contributed by atoms with Gasteiger partial charge in [-0.05, 0) is 48.0 Å². The summed E-state index contributed by atoms with van der Waals surface area (Å²) in [6.45, 7) is 3.53. The van der Waals surface area contributed by atoms with E-state index in [1.54, 1.807) is 13.8 Å². The highest BCUT2D eigenvalue weighted by Gasteiger charge is 2.31. The van der Waals surface area contributed by atoms with Crippen molar-refractivity contribution in [1.29, 1.82) is 0 Å². The van der Waals surface area contributed by atoms with Crippen molar-refractivity contribution in [1.82, 2.24) is 0 Å². The van der Waals surface area contributed by atoms with Crippen LogP contribution in [0.2, 0.25) is 0 Å². The van der Waals surface area contributed by atoms with Gasteiger partial charge in [-0.3, -0.25) is 4.79 Å². The van der Waals surface area contributed by atoms with Crippen molar-refractivity contribution in [2.45, 2.75) is 20.0 Å². The number of alkyl halides is 3. The number of nitrogens with two attached hydrogens (primary N) is 1. The molecule has 7 heteroatoms. The zero-order valence-corrected chi connectivity index (χ0v) is 12.0. The van der Waals surface area contributed by atoms with Gasteiger partial charge in [-0.25, -0.2) is 0 Å². The number of halogens is 4. The molecule has 0 radical (unpaired) electrons. The van der Waals surface area contributed by atoms with Crippen molar-refractivity contribution in [3.63, 3.8) is 0 Å². The summed E-state index contributed by atoms with van der Waals surface area (Å²) in [5.74, 6) is -0.483. The molecule has 3 nitrogen and oxygen atoms in total. The average Bonchev–Trinajstić information content (AvgIpc) is 2.25. The van der Waals surface area contributed by atoms with Gasteiger partial charge < -0.3 is 11.1 Å². The Kier molecular flexibility index (Phi) is 4.50. The molecule has 0 aromatic heterocycles. The third-order valence-corrected chi connectivity index (χ3v) is 3.34. The lowest BCUT2D eigenvalue weighted by molar-refractivity contribution is -0.137. The third-order valence-electron chi connectivity index (χ3n) is 2.68. The van der Waals surface area contributed by atoms with E-state index in [1.165, 1.54) is 6.07 Å². The SMILES string of the molecule is CC(C)(CNc1ccc(C(F)(F)F)cc1Br)C(N)=O. The Hall–Kier alpha value is -1.24. The number of rotatable bonds is 4. The summed E-state index contributed by atoms with van der Waals surface area (Å²) in [6, 6.07) is 3.27. The number of carbonyl (C=O) groups excluding carboxylic acids is 1. The summed E-state index contributed by atoms with van der Waals surface area (Å²) >= 11 is 3.07. The lowest BCUT2D eigenvalue weighted by Crippen LogP contribution is -2.37. The van der Waals surface area contributed by atoms with Crippen molar-refractivity contribution >= 4 is 27.5 Å². The quantitative estimate of drug-likeness (QED) is 0.884. The highest BCUT2D eigenvalue weighted by molar-refractivity contribution is 9.10. The molecule has 19 heavy (non-hydrogen) atoms. The van der Waals surface area contributed by atoms with E-state index in [2.05, 4.69) is 21.2 Å². The Bertz CT molecular complexity index is 486. The van der Waals surface area contributed by atoms with Crippen LogP contribution < -0.4 is 11.1 Å². The van der Waals surface area contributed by atoms with Gasteiger partial charge in [-0.15, -0.1) is 0 Å². The lowest BCUT2D eigenvalue weighted by Gasteiger charge is -2.22. The molecule has 1 rings (SSSR count). The molecule has 0 spiro atoms. The number of primary amides is 1. The van der Waals surface area contributed by atoms with E-state index < -0.39 is 23.1 Å². The van der Waals surface area contributed by atoms with E-state index in [4.69, 9.17) is 5.73 Å². The molecular formula is C12H14BrF3N2O. The molecule has 0 fully saturated rings. The monoisotopic (exact) mass is 338 g/mol. The standard InChI is InChI=1S/C12H14BrF3N2O/c1-11(2,10(17)19)6-18-9-4-3-7(5-8(9)13)12(14,15)16/h3-5,18H,6H2,1-2H3,(H2,17,19). The van der Waals surface area contributed by atoms with Crippen LogP contribution in [-0.2, 0) is 11.0 Å². The molecule has 0 saturated heterocycles. The van der Waals surface area contributed by atoms with Gasteiger partial charge >= 0.3 is 6.18 Å². The van der Waals surface area contributed by atoms with Crippen molar-refractivity contribution in [2.75, 3.05) is 11.9 Å².